The Labute approximate surface area is 85.8 Å². The van der Waals surface area contributed by atoms with Gasteiger partial charge in [0.05, 0.1) is 0 Å². The average molecular weight is 196 g/mol. The molecule has 3 heteroatoms. The van der Waals surface area contributed by atoms with Gasteiger partial charge in [-0.2, -0.15) is 0 Å². The molecule has 0 bridgehead atoms. The van der Waals surface area contributed by atoms with Crippen molar-refractivity contribution in [2.75, 3.05) is 26.2 Å². The lowest BCUT2D eigenvalue weighted by molar-refractivity contribution is -0.132. The number of rotatable bonds is 0. The minimum atomic E-state index is 0.245. The molecule has 2 rings (SSSR count). The molecule has 0 unspecified atom stereocenters. The summed E-state index contributed by atoms with van der Waals surface area (Å²) in [5.41, 5.74) is 0.405. The van der Waals surface area contributed by atoms with Gasteiger partial charge in [0.15, 0.2) is 0 Å². The second kappa shape index (κ2) is 3.89. The highest BCUT2D eigenvalue weighted by Gasteiger charge is 2.37. The molecule has 0 aliphatic carbocycles. The van der Waals surface area contributed by atoms with E-state index in [1.54, 1.807) is 6.92 Å². The number of carbonyl (C=O) groups excluding carboxylic acids is 1. The van der Waals surface area contributed by atoms with E-state index in [-0.39, 0.29) is 5.91 Å². The molecule has 0 aromatic heterocycles. The summed E-state index contributed by atoms with van der Waals surface area (Å²) in [5, 5.41) is 3.47. The third-order valence-corrected chi connectivity index (χ3v) is 3.67. The largest absolute Gasteiger partial charge is 0.342 e. The van der Waals surface area contributed by atoms with Crippen LogP contribution in [0.4, 0.5) is 0 Å². The second-order valence-corrected chi connectivity index (χ2v) is 4.82. The van der Waals surface area contributed by atoms with Gasteiger partial charge in [-0.1, -0.05) is 0 Å². The molecule has 2 aliphatic heterocycles. The van der Waals surface area contributed by atoms with E-state index >= 15 is 0 Å². The number of piperidine rings is 2. The molecule has 0 aromatic rings. The van der Waals surface area contributed by atoms with E-state index in [0.29, 0.717) is 5.41 Å². The summed E-state index contributed by atoms with van der Waals surface area (Å²) in [6, 6.07) is 0. The van der Waals surface area contributed by atoms with Crippen LogP contribution in [0.25, 0.3) is 0 Å². The van der Waals surface area contributed by atoms with Crippen LogP contribution in [0.15, 0.2) is 0 Å². The van der Waals surface area contributed by atoms with E-state index in [1.807, 2.05) is 4.90 Å². The Morgan fingerprint density at radius 3 is 2.79 bits per heavy atom. The van der Waals surface area contributed by atoms with Gasteiger partial charge in [-0.25, -0.2) is 0 Å². The molecular weight excluding hydrogens is 176 g/mol. The Hall–Kier alpha value is -0.570. The average Bonchev–Trinajstić information content (AvgIpc) is 2.19. The van der Waals surface area contributed by atoms with E-state index in [0.717, 1.165) is 26.2 Å². The fraction of sp³-hybridized carbons (Fsp3) is 0.909. The molecule has 0 aromatic carbocycles. The molecular formula is C11H20N2O. The van der Waals surface area contributed by atoms with Crippen molar-refractivity contribution in [3.8, 4) is 0 Å². The van der Waals surface area contributed by atoms with Crippen LogP contribution in [0.1, 0.15) is 32.6 Å². The quantitative estimate of drug-likeness (QED) is 0.627. The summed E-state index contributed by atoms with van der Waals surface area (Å²) >= 11 is 0. The third-order valence-electron chi connectivity index (χ3n) is 3.67. The minimum absolute atomic E-state index is 0.245. The topological polar surface area (TPSA) is 32.3 Å². The van der Waals surface area contributed by atoms with Gasteiger partial charge >= 0.3 is 0 Å². The predicted molar refractivity (Wildman–Crippen MR) is 56.0 cm³/mol. The monoisotopic (exact) mass is 196 g/mol. The molecule has 2 aliphatic rings. The number of amides is 1. The summed E-state index contributed by atoms with van der Waals surface area (Å²) in [7, 11) is 0. The van der Waals surface area contributed by atoms with Crippen LogP contribution in [-0.2, 0) is 4.79 Å². The van der Waals surface area contributed by atoms with Crippen LogP contribution >= 0.6 is 0 Å². The summed E-state index contributed by atoms with van der Waals surface area (Å²) < 4.78 is 0. The van der Waals surface area contributed by atoms with Gasteiger partial charge in [-0.15, -0.1) is 0 Å². The highest BCUT2D eigenvalue weighted by atomic mass is 16.2. The van der Waals surface area contributed by atoms with Gasteiger partial charge in [0, 0.05) is 32.0 Å². The SMILES string of the molecule is CC(=O)N1CCC[C@]2(CCCNC2)C1. The number of hydrogen-bond donors (Lipinski definition) is 1. The Balaban J connectivity index is 2.01. The van der Waals surface area contributed by atoms with Crippen LogP contribution in [-0.4, -0.2) is 37.0 Å². The number of nitrogens with one attached hydrogen (secondary N) is 1. The molecule has 2 fully saturated rings. The van der Waals surface area contributed by atoms with Gasteiger partial charge in [-0.05, 0) is 32.2 Å². The molecule has 1 amide bonds. The lowest BCUT2D eigenvalue weighted by atomic mass is 9.74. The number of hydrogen-bond acceptors (Lipinski definition) is 2. The van der Waals surface area contributed by atoms with Crippen molar-refractivity contribution in [2.45, 2.75) is 32.6 Å². The molecule has 2 heterocycles. The van der Waals surface area contributed by atoms with E-state index in [9.17, 15) is 4.79 Å². The molecule has 1 spiro atoms. The van der Waals surface area contributed by atoms with Crippen molar-refractivity contribution in [3.05, 3.63) is 0 Å². The number of likely N-dealkylation sites (tertiary alicyclic amines) is 1. The fourth-order valence-corrected chi connectivity index (χ4v) is 2.86. The first-order chi connectivity index (χ1) is 6.72. The fourth-order valence-electron chi connectivity index (χ4n) is 2.86. The van der Waals surface area contributed by atoms with Crippen LogP contribution in [0.3, 0.4) is 0 Å². The highest BCUT2D eigenvalue weighted by molar-refractivity contribution is 5.73. The van der Waals surface area contributed by atoms with Gasteiger partial charge < -0.3 is 10.2 Å². The van der Waals surface area contributed by atoms with Crippen molar-refractivity contribution < 1.29 is 4.79 Å². The van der Waals surface area contributed by atoms with Crippen molar-refractivity contribution in [2.24, 2.45) is 5.41 Å². The van der Waals surface area contributed by atoms with Gasteiger partial charge in [0.25, 0.3) is 0 Å². The van der Waals surface area contributed by atoms with Crippen molar-refractivity contribution >= 4 is 5.91 Å². The maximum absolute atomic E-state index is 11.3. The Morgan fingerprint density at radius 1 is 1.36 bits per heavy atom. The molecule has 14 heavy (non-hydrogen) atoms. The molecule has 0 radical (unpaired) electrons. The zero-order chi connectivity index (χ0) is 10.0. The zero-order valence-electron chi connectivity index (χ0n) is 9.01. The number of carbonyl (C=O) groups is 1. The van der Waals surface area contributed by atoms with E-state index < -0.39 is 0 Å². The van der Waals surface area contributed by atoms with Crippen molar-refractivity contribution in [1.29, 1.82) is 0 Å². The van der Waals surface area contributed by atoms with Crippen LogP contribution in [0.2, 0.25) is 0 Å². The molecule has 1 atom stereocenters. The summed E-state index contributed by atoms with van der Waals surface area (Å²) in [4.78, 5) is 13.4. The van der Waals surface area contributed by atoms with E-state index in [4.69, 9.17) is 0 Å². The van der Waals surface area contributed by atoms with Crippen molar-refractivity contribution in [3.63, 3.8) is 0 Å². The summed E-state index contributed by atoms with van der Waals surface area (Å²) in [6.07, 6.45) is 5.04. The predicted octanol–water partition coefficient (Wildman–Crippen LogP) is 0.998. The first kappa shape index (κ1) is 9.97. The van der Waals surface area contributed by atoms with E-state index in [2.05, 4.69) is 5.32 Å². The smallest absolute Gasteiger partial charge is 0.219 e. The first-order valence-electron chi connectivity index (χ1n) is 5.68. The van der Waals surface area contributed by atoms with Crippen LogP contribution in [0.5, 0.6) is 0 Å². The molecule has 0 saturated carbocycles. The van der Waals surface area contributed by atoms with Gasteiger partial charge in [0.2, 0.25) is 5.91 Å². The normalized spacial score (nSPS) is 33.4. The lowest BCUT2D eigenvalue weighted by Crippen LogP contribution is -2.52. The van der Waals surface area contributed by atoms with Crippen LogP contribution in [0, 0.1) is 5.41 Å². The Bertz CT molecular complexity index is 216. The maximum atomic E-state index is 11.3. The Kier molecular flexibility index (Phi) is 2.77. The van der Waals surface area contributed by atoms with Crippen molar-refractivity contribution in [1.82, 2.24) is 10.2 Å². The minimum Gasteiger partial charge on any atom is -0.342 e. The van der Waals surface area contributed by atoms with Gasteiger partial charge in [-0.3, -0.25) is 4.79 Å². The summed E-state index contributed by atoms with van der Waals surface area (Å²) in [5.74, 6) is 0.245. The first-order valence-corrected chi connectivity index (χ1v) is 5.68. The lowest BCUT2D eigenvalue weighted by Gasteiger charge is -2.45. The highest BCUT2D eigenvalue weighted by Crippen LogP contribution is 2.35. The van der Waals surface area contributed by atoms with E-state index in [1.165, 1.54) is 25.7 Å². The van der Waals surface area contributed by atoms with Gasteiger partial charge in [0.1, 0.15) is 0 Å². The third kappa shape index (κ3) is 1.92. The standard InChI is InChI=1S/C11H20N2O/c1-10(14)13-7-3-5-11(9-13)4-2-6-12-8-11/h12H,2-9H2,1H3/t11-/m0/s1. The van der Waals surface area contributed by atoms with Crippen LogP contribution < -0.4 is 5.32 Å². The molecule has 1 N–H and O–H groups in total. The summed E-state index contributed by atoms with van der Waals surface area (Å²) in [6.45, 7) is 5.90. The second-order valence-electron chi connectivity index (χ2n) is 4.82. The maximum Gasteiger partial charge on any atom is 0.219 e. The number of nitrogens with zero attached hydrogens (tertiary/aromatic N) is 1. The molecule has 80 valence electrons. The zero-order valence-corrected chi connectivity index (χ0v) is 9.01. The molecule has 3 nitrogen and oxygen atoms in total. The Morgan fingerprint density at radius 2 is 2.14 bits per heavy atom. The molecule has 2 saturated heterocycles.